The number of nitrogens with one attached hydrogen (secondary N) is 2. The van der Waals surface area contributed by atoms with Crippen LogP contribution in [0.25, 0.3) is 0 Å². The number of carboxylic acids is 3. The average molecular weight is 434 g/mol. The minimum absolute atomic E-state index is 0.00142. The number of ether oxygens (including phenoxy) is 1. The van der Waals surface area contributed by atoms with E-state index in [1.165, 1.54) is 0 Å². The normalized spacial score (nSPS) is 11.6. The third-order valence-corrected chi connectivity index (χ3v) is 3.63. The van der Waals surface area contributed by atoms with Crippen LogP contribution in [-0.4, -0.2) is 120 Å². The number of carboxylic acid groups (broad SMARTS) is 3. The van der Waals surface area contributed by atoms with Gasteiger partial charge < -0.3 is 30.7 Å². The Morgan fingerprint density at radius 3 is 1.53 bits per heavy atom. The fraction of sp³-hybridized carbons (Fsp3) is 0.778. The Hall–Kier alpha value is -2.28. The number of hydrogen-bond donors (Lipinski definition) is 5. The molecule has 30 heavy (non-hydrogen) atoms. The van der Waals surface area contributed by atoms with E-state index < -0.39 is 29.5 Å². The molecule has 0 saturated heterocycles. The lowest BCUT2D eigenvalue weighted by Gasteiger charge is -2.26. The summed E-state index contributed by atoms with van der Waals surface area (Å²) in [5.41, 5.74) is -0.582. The van der Waals surface area contributed by atoms with Crippen LogP contribution in [0.5, 0.6) is 0 Å². The van der Waals surface area contributed by atoms with E-state index in [2.05, 4.69) is 10.6 Å². The number of esters is 1. The second-order valence-electron chi connectivity index (χ2n) is 7.67. The second-order valence-corrected chi connectivity index (χ2v) is 7.67. The minimum Gasteiger partial charge on any atom is -0.480 e. The van der Waals surface area contributed by atoms with Crippen LogP contribution in [0.2, 0.25) is 0 Å². The first-order valence-corrected chi connectivity index (χ1v) is 9.62. The Kier molecular flexibility index (Phi) is 13.5. The van der Waals surface area contributed by atoms with Gasteiger partial charge in [-0.05, 0) is 20.8 Å². The lowest BCUT2D eigenvalue weighted by atomic mass is 10.2. The molecule has 0 heterocycles. The van der Waals surface area contributed by atoms with Crippen LogP contribution in [-0.2, 0) is 23.9 Å². The highest BCUT2D eigenvalue weighted by Crippen LogP contribution is 2.06. The molecule has 0 spiro atoms. The van der Waals surface area contributed by atoms with Gasteiger partial charge in [0, 0.05) is 39.3 Å². The first-order valence-electron chi connectivity index (χ1n) is 9.62. The van der Waals surface area contributed by atoms with Crippen LogP contribution in [0.3, 0.4) is 0 Å². The lowest BCUT2D eigenvalue weighted by molar-refractivity contribution is -0.153. The fourth-order valence-corrected chi connectivity index (χ4v) is 2.44. The highest BCUT2D eigenvalue weighted by atomic mass is 16.6. The first-order chi connectivity index (χ1) is 13.9. The van der Waals surface area contributed by atoms with Crippen LogP contribution >= 0.6 is 0 Å². The Labute approximate surface area is 176 Å². The quantitative estimate of drug-likeness (QED) is 0.131. The molecular weight excluding hydrogens is 400 g/mol. The van der Waals surface area contributed by atoms with Crippen molar-refractivity contribution in [2.24, 2.45) is 0 Å². The molecule has 0 saturated carbocycles. The molecule has 0 aliphatic carbocycles. The molecular formula is C18H34N4O8. The van der Waals surface area contributed by atoms with Crippen LogP contribution in [0.15, 0.2) is 0 Å². The molecule has 0 fully saturated rings. The van der Waals surface area contributed by atoms with Crippen molar-refractivity contribution in [3.8, 4) is 0 Å². The van der Waals surface area contributed by atoms with Gasteiger partial charge >= 0.3 is 23.9 Å². The topological polar surface area (TPSA) is 169 Å². The van der Waals surface area contributed by atoms with Gasteiger partial charge in [-0.15, -0.1) is 0 Å². The number of carbonyl (C=O) groups is 4. The first kappa shape index (κ1) is 27.7. The summed E-state index contributed by atoms with van der Waals surface area (Å²) in [5.74, 6) is -3.47. The van der Waals surface area contributed by atoms with Gasteiger partial charge in [0.15, 0.2) is 0 Å². The number of nitrogens with zero attached hydrogens (tertiary/aromatic N) is 2. The van der Waals surface area contributed by atoms with Gasteiger partial charge in [-0.3, -0.25) is 29.0 Å². The molecule has 0 bridgehead atoms. The summed E-state index contributed by atoms with van der Waals surface area (Å²) in [7, 11) is 0. The van der Waals surface area contributed by atoms with Gasteiger partial charge in [0.05, 0.1) is 26.2 Å². The third kappa shape index (κ3) is 17.8. The molecule has 0 radical (unpaired) electrons. The molecule has 0 atom stereocenters. The average Bonchev–Trinajstić information content (AvgIpc) is 2.56. The molecule has 0 amide bonds. The maximum absolute atomic E-state index is 11.7. The summed E-state index contributed by atoms with van der Waals surface area (Å²) >= 11 is 0. The lowest BCUT2D eigenvalue weighted by Crippen LogP contribution is -2.44. The molecule has 0 aromatic carbocycles. The second kappa shape index (κ2) is 14.7. The summed E-state index contributed by atoms with van der Waals surface area (Å²) in [6.07, 6.45) is 0. The minimum atomic E-state index is -1.03. The molecule has 0 aromatic rings. The van der Waals surface area contributed by atoms with E-state index in [4.69, 9.17) is 20.1 Å². The van der Waals surface area contributed by atoms with Crippen LogP contribution in [0, 0.1) is 0 Å². The maximum atomic E-state index is 11.7. The molecule has 5 N–H and O–H groups in total. The maximum Gasteiger partial charge on any atom is 0.320 e. The number of aliphatic carboxylic acids is 3. The van der Waals surface area contributed by atoms with Gasteiger partial charge in [0.2, 0.25) is 0 Å². The van der Waals surface area contributed by atoms with E-state index in [-0.39, 0.29) is 32.7 Å². The molecule has 12 nitrogen and oxygen atoms in total. The molecule has 12 heteroatoms. The Morgan fingerprint density at radius 1 is 0.733 bits per heavy atom. The summed E-state index contributed by atoms with van der Waals surface area (Å²) in [6, 6.07) is 0. The standard InChI is InChI=1S/C18H34N4O8/c1-18(2,3)30-17(29)11-20-5-7-22(13-16(27)28)9-8-21(12-15(25)26)6-4-19-10-14(23)24/h19-20H,4-13H2,1-3H3,(H,23,24)(H,25,26)(H,27,28). The van der Waals surface area contributed by atoms with Crippen molar-refractivity contribution in [1.82, 2.24) is 20.4 Å². The molecule has 0 unspecified atom stereocenters. The van der Waals surface area contributed by atoms with E-state index in [9.17, 15) is 19.2 Å². The van der Waals surface area contributed by atoms with Crippen molar-refractivity contribution in [3.05, 3.63) is 0 Å². The van der Waals surface area contributed by atoms with Gasteiger partial charge in [-0.2, -0.15) is 0 Å². The van der Waals surface area contributed by atoms with E-state index in [1.54, 1.807) is 30.6 Å². The predicted molar refractivity (Wildman–Crippen MR) is 107 cm³/mol. The largest absolute Gasteiger partial charge is 0.480 e. The van der Waals surface area contributed by atoms with E-state index in [1.807, 2.05) is 0 Å². The Bertz CT molecular complexity index is 565. The van der Waals surface area contributed by atoms with Crippen molar-refractivity contribution in [2.45, 2.75) is 26.4 Å². The van der Waals surface area contributed by atoms with Gasteiger partial charge in [0.25, 0.3) is 0 Å². The summed E-state index contributed by atoms with van der Waals surface area (Å²) in [4.78, 5) is 47.5. The monoisotopic (exact) mass is 434 g/mol. The van der Waals surface area contributed by atoms with Crippen molar-refractivity contribution in [1.29, 1.82) is 0 Å². The number of rotatable bonds is 17. The Morgan fingerprint density at radius 2 is 1.17 bits per heavy atom. The van der Waals surface area contributed by atoms with Crippen LogP contribution in [0.1, 0.15) is 20.8 Å². The fourth-order valence-electron chi connectivity index (χ4n) is 2.44. The Balaban J connectivity index is 4.47. The zero-order chi connectivity index (χ0) is 23.2. The van der Waals surface area contributed by atoms with Crippen LogP contribution < -0.4 is 10.6 Å². The van der Waals surface area contributed by atoms with E-state index in [0.717, 1.165) is 0 Å². The van der Waals surface area contributed by atoms with E-state index in [0.29, 0.717) is 32.7 Å². The van der Waals surface area contributed by atoms with Crippen LogP contribution in [0.4, 0.5) is 0 Å². The zero-order valence-corrected chi connectivity index (χ0v) is 17.8. The molecule has 0 aromatic heterocycles. The number of carbonyl (C=O) groups excluding carboxylic acids is 1. The van der Waals surface area contributed by atoms with Gasteiger partial charge in [0.1, 0.15) is 5.60 Å². The van der Waals surface area contributed by atoms with Crippen molar-refractivity contribution in [2.75, 3.05) is 65.4 Å². The van der Waals surface area contributed by atoms with Gasteiger partial charge in [-0.1, -0.05) is 0 Å². The number of hydrogen-bond acceptors (Lipinski definition) is 9. The van der Waals surface area contributed by atoms with Crippen molar-refractivity contribution < 1.29 is 39.2 Å². The smallest absolute Gasteiger partial charge is 0.320 e. The predicted octanol–water partition coefficient (Wildman–Crippen LogP) is -1.63. The zero-order valence-electron chi connectivity index (χ0n) is 17.8. The molecule has 0 aliphatic rings. The summed E-state index contributed by atoms with van der Waals surface area (Å²) in [6.45, 7) is 6.46. The summed E-state index contributed by atoms with van der Waals surface area (Å²) < 4.78 is 5.17. The highest BCUT2D eigenvalue weighted by molar-refractivity contribution is 5.72. The SMILES string of the molecule is CC(C)(C)OC(=O)CNCCN(CCN(CCNCC(=O)O)CC(=O)O)CC(=O)O. The highest BCUT2D eigenvalue weighted by Gasteiger charge is 2.17. The molecule has 174 valence electrons. The van der Waals surface area contributed by atoms with E-state index >= 15 is 0 Å². The molecule has 0 rings (SSSR count). The third-order valence-electron chi connectivity index (χ3n) is 3.63. The van der Waals surface area contributed by atoms with Crippen molar-refractivity contribution >= 4 is 23.9 Å². The van der Waals surface area contributed by atoms with Gasteiger partial charge in [-0.25, -0.2) is 0 Å². The van der Waals surface area contributed by atoms with Crippen molar-refractivity contribution in [3.63, 3.8) is 0 Å². The molecule has 0 aliphatic heterocycles. The summed E-state index contributed by atoms with van der Waals surface area (Å²) in [5, 5.41) is 32.3.